The monoisotopic (exact) mass is 269 g/mol. The molecule has 0 aromatic heterocycles. The minimum atomic E-state index is -0.706. The van der Waals surface area contributed by atoms with Gasteiger partial charge in [0.1, 0.15) is 0 Å². The van der Waals surface area contributed by atoms with Crippen molar-refractivity contribution >= 4 is 5.97 Å². The average molecular weight is 269 g/mol. The maximum absolute atomic E-state index is 10.9. The molecule has 0 amide bonds. The van der Waals surface area contributed by atoms with Crippen LogP contribution in [0.4, 0.5) is 0 Å². The van der Waals surface area contributed by atoms with Crippen LogP contribution in [-0.2, 0) is 4.79 Å². The van der Waals surface area contributed by atoms with E-state index in [1.807, 2.05) is 0 Å². The van der Waals surface area contributed by atoms with Gasteiger partial charge < -0.3 is 15.1 Å². The molecule has 2 rings (SSSR count). The number of nitrogens with zero attached hydrogens (tertiary/aromatic N) is 1. The number of aliphatic carboxylic acids is 1. The Morgan fingerprint density at radius 3 is 2.37 bits per heavy atom. The molecule has 2 N–H and O–H groups in total. The first-order chi connectivity index (χ1) is 8.89. The molecule has 1 aliphatic heterocycles. The molecule has 1 heterocycles. The van der Waals surface area contributed by atoms with Crippen LogP contribution >= 0.6 is 0 Å². The zero-order chi connectivity index (χ0) is 14.0. The van der Waals surface area contributed by atoms with Gasteiger partial charge in [0.15, 0.2) is 0 Å². The van der Waals surface area contributed by atoms with Gasteiger partial charge in [-0.05, 0) is 50.5 Å². The Bertz CT molecular complexity index is 323. The predicted molar refractivity (Wildman–Crippen MR) is 73.9 cm³/mol. The molecule has 1 saturated carbocycles. The molecule has 2 unspecified atom stereocenters. The lowest BCUT2D eigenvalue weighted by Crippen LogP contribution is -2.49. The first kappa shape index (κ1) is 14.8. The van der Waals surface area contributed by atoms with E-state index in [-0.39, 0.29) is 5.92 Å². The fourth-order valence-electron chi connectivity index (χ4n) is 3.47. The number of carboxylic acids is 1. The number of hydrogen-bond acceptors (Lipinski definition) is 3. The SMILES string of the molecule is CC1CCN(CC2(O)CCC(C(=O)O)CC2)CC1C. The number of β-amino-alcohol motifs (C(OH)–C–C–N with tert-alkyl or cyclic N) is 1. The molecule has 0 spiro atoms. The second-order valence-electron chi connectivity index (χ2n) is 6.82. The fourth-order valence-corrected chi connectivity index (χ4v) is 3.47. The number of rotatable bonds is 3. The second-order valence-corrected chi connectivity index (χ2v) is 6.82. The van der Waals surface area contributed by atoms with E-state index < -0.39 is 11.6 Å². The molecule has 0 radical (unpaired) electrons. The molecule has 0 bridgehead atoms. The Morgan fingerprint density at radius 2 is 1.84 bits per heavy atom. The van der Waals surface area contributed by atoms with Crippen molar-refractivity contribution in [1.29, 1.82) is 0 Å². The highest BCUT2D eigenvalue weighted by molar-refractivity contribution is 5.70. The van der Waals surface area contributed by atoms with Crippen molar-refractivity contribution in [3.05, 3.63) is 0 Å². The van der Waals surface area contributed by atoms with E-state index in [1.54, 1.807) is 0 Å². The van der Waals surface area contributed by atoms with Gasteiger partial charge in [-0.2, -0.15) is 0 Å². The van der Waals surface area contributed by atoms with E-state index in [0.29, 0.717) is 31.6 Å². The van der Waals surface area contributed by atoms with Crippen LogP contribution < -0.4 is 0 Å². The van der Waals surface area contributed by atoms with Crippen molar-refractivity contribution in [3.8, 4) is 0 Å². The summed E-state index contributed by atoms with van der Waals surface area (Å²) < 4.78 is 0. The lowest BCUT2D eigenvalue weighted by Gasteiger charge is -2.42. The van der Waals surface area contributed by atoms with Crippen LogP contribution in [0.15, 0.2) is 0 Å². The van der Waals surface area contributed by atoms with Gasteiger partial charge in [0.2, 0.25) is 0 Å². The average Bonchev–Trinajstić information content (AvgIpc) is 2.34. The lowest BCUT2D eigenvalue weighted by atomic mass is 9.78. The van der Waals surface area contributed by atoms with Gasteiger partial charge in [0.25, 0.3) is 0 Å². The van der Waals surface area contributed by atoms with E-state index in [1.165, 1.54) is 6.42 Å². The fraction of sp³-hybridized carbons (Fsp3) is 0.933. The molecule has 2 atom stereocenters. The quantitative estimate of drug-likeness (QED) is 0.822. The first-order valence-corrected chi connectivity index (χ1v) is 7.57. The van der Waals surface area contributed by atoms with Crippen molar-refractivity contribution < 1.29 is 15.0 Å². The van der Waals surface area contributed by atoms with Gasteiger partial charge in [-0.25, -0.2) is 0 Å². The Hall–Kier alpha value is -0.610. The third-order valence-electron chi connectivity index (χ3n) is 5.20. The second kappa shape index (κ2) is 5.80. The number of piperidine rings is 1. The molecular formula is C15H27NO3. The van der Waals surface area contributed by atoms with Gasteiger partial charge in [0, 0.05) is 13.1 Å². The standard InChI is InChI=1S/C15H27NO3/c1-11-5-8-16(9-12(11)2)10-15(19)6-3-13(4-7-15)14(17)18/h11-13,19H,3-10H2,1-2H3,(H,17,18). The molecule has 4 heteroatoms. The number of hydrogen-bond donors (Lipinski definition) is 2. The molecule has 2 aliphatic rings. The summed E-state index contributed by atoms with van der Waals surface area (Å²) in [5.74, 6) is 0.504. The molecule has 0 aromatic rings. The molecule has 110 valence electrons. The van der Waals surface area contributed by atoms with Crippen molar-refractivity contribution in [2.45, 2.75) is 51.6 Å². The Balaban J connectivity index is 1.84. The summed E-state index contributed by atoms with van der Waals surface area (Å²) in [5.41, 5.74) is -0.660. The van der Waals surface area contributed by atoms with Gasteiger partial charge in [-0.1, -0.05) is 13.8 Å². The Kier molecular flexibility index (Phi) is 4.51. The highest BCUT2D eigenvalue weighted by Crippen LogP contribution is 2.34. The van der Waals surface area contributed by atoms with Crippen LogP contribution in [0.5, 0.6) is 0 Å². The summed E-state index contributed by atoms with van der Waals surface area (Å²) in [7, 11) is 0. The molecule has 2 fully saturated rings. The van der Waals surface area contributed by atoms with Crippen molar-refractivity contribution in [2.24, 2.45) is 17.8 Å². The summed E-state index contributed by atoms with van der Waals surface area (Å²) in [5, 5.41) is 19.6. The number of carboxylic acid groups (broad SMARTS) is 1. The molecule has 19 heavy (non-hydrogen) atoms. The van der Waals surface area contributed by atoms with E-state index in [4.69, 9.17) is 5.11 Å². The molecule has 4 nitrogen and oxygen atoms in total. The van der Waals surface area contributed by atoms with Crippen LogP contribution in [-0.4, -0.2) is 46.3 Å². The molecule has 0 aromatic carbocycles. The zero-order valence-electron chi connectivity index (χ0n) is 12.1. The number of aliphatic hydroxyl groups is 1. The summed E-state index contributed by atoms with van der Waals surface area (Å²) in [6, 6.07) is 0. The van der Waals surface area contributed by atoms with Crippen molar-refractivity contribution in [1.82, 2.24) is 4.90 Å². The highest BCUT2D eigenvalue weighted by atomic mass is 16.4. The summed E-state index contributed by atoms with van der Waals surface area (Å²) in [6.07, 6.45) is 3.70. The van der Waals surface area contributed by atoms with E-state index in [0.717, 1.165) is 25.6 Å². The van der Waals surface area contributed by atoms with Crippen molar-refractivity contribution in [3.63, 3.8) is 0 Å². The van der Waals surface area contributed by atoms with Crippen molar-refractivity contribution in [2.75, 3.05) is 19.6 Å². The van der Waals surface area contributed by atoms with E-state index in [9.17, 15) is 9.90 Å². The zero-order valence-corrected chi connectivity index (χ0v) is 12.1. The van der Waals surface area contributed by atoms with Crippen LogP contribution in [0.1, 0.15) is 46.0 Å². The molecule has 1 aliphatic carbocycles. The maximum atomic E-state index is 10.9. The number of likely N-dealkylation sites (tertiary alicyclic amines) is 1. The van der Waals surface area contributed by atoms with Crippen LogP contribution in [0.2, 0.25) is 0 Å². The minimum Gasteiger partial charge on any atom is -0.481 e. The Labute approximate surface area is 115 Å². The highest BCUT2D eigenvalue weighted by Gasteiger charge is 2.38. The van der Waals surface area contributed by atoms with Crippen LogP contribution in [0.25, 0.3) is 0 Å². The molecule has 1 saturated heterocycles. The van der Waals surface area contributed by atoms with Gasteiger partial charge in [-0.3, -0.25) is 4.79 Å². The summed E-state index contributed by atoms with van der Waals surface area (Å²) >= 11 is 0. The van der Waals surface area contributed by atoms with Gasteiger partial charge in [0.05, 0.1) is 11.5 Å². The van der Waals surface area contributed by atoms with E-state index in [2.05, 4.69) is 18.7 Å². The molecular weight excluding hydrogens is 242 g/mol. The Morgan fingerprint density at radius 1 is 1.21 bits per heavy atom. The maximum Gasteiger partial charge on any atom is 0.306 e. The number of carbonyl (C=O) groups is 1. The normalized spacial score (nSPS) is 41.1. The minimum absolute atomic E-state index is 0.249. The summed E-state index contributed by atoms with van der Waals surface area (Å²) in [6.45, 7) is 7.43. The van der Waals surface area contributed by atoms with Gasteiger partial charge >= 0.3 is 5.97 Å². The predicted octanol–water partition coefficient (Wildman–Crippen LogP) is 1.97. The largest absolute Gasteiger partial charge is 0.481 e. The summed E-state index contributed by atoms with van der Waals surface area (Å²) in [4.78, 5) is 13.3. The van der Waals surface area contributed by atoms with E-state index >= 15 is 0 Å². The lowest BCUT2D eigenvalue weighted by molar-refractivity contribution is -0.145. The van der Waals surface area contributed by atoms with Crippen LogP contribution in [0.3, 0.4) is 0 Å². The van der Waals surface area contributed by atoms with Crippen LogP contribution in [0, 0.1) is 17.8 Å². The smallest absolute Gasteiger partial charge is 0.306 e. The topological polar surface area (TPSA) is 60.8 Å². The van der Waals surface area contributed by atoms with Gasteiger partial charge in [-0.15, -0.1) is 0 Å². The third kappa shape index (κ3) is 3.69. The third-order valence-corrected chi connectivity index (χ3v) is 5.20. The first-order valence-electron chi connectivity index (χ1n) is 7.57.